The van der Waals surface area contributed by atoms with Crippen molar-refractivity contribution in [1.29, 1.82) is 0 Å². The third kappa shape index (κ3) is 3.11. The molecule has 1 aliphatic heterocycles. The van der Waals surface area contributed by atoms with E-state index in [1.807, 2.05) is 0 Å². The van der Waals surface area contributed by atoms with Crippen LogP contribution in [0.5, 0.6) is 0 Å². The lowest BCUT2D eigenvalue weighted by atomic mass is 10.0. The van der Waals surface area contributed by atoms with Crippen LogP contribution in [0.25, 0.3) is 0 Å². The van der Waals surface area contributed by atoms with E-state index in [4.69, 9.17) is 4.74 Å². The van der Waals surface area contributed by atoms with Crippen LogP contribution < -0.4 is 0 Å². The van der Waals surface area contributed by atoms with Crippen molar-refractivity contribution in [3.63, 3.8) is 0 Å². The van der Waals surface area contributed by atoms with Crippen molar-refractivity contribution in [1.82, 2.24) is 0 Å². The second-order valence-corrected chi connectivity index (χ2v) is 3.71. The zero-order chi connectivity index (χ0) is 8.86. The normalized spacial score (nSPS) is 28.5. The summed E-state index contributed by atoms with van der Waals surface area (Å²) in [6, 6.07) is 0. The van der Waals surface area contributed by atoms with Gasteiger partial charge in [-0.05, 0) is 6.42 Å². The molecule has 1 aliphatic rings. The van der Waals surface area contributed by atoms with Gasteiger partial charge in [-0.25, -0.2) is 0 Å². The van der Waals surface area contributed by atoms with E-state index in [0.29, 0.717) is 0 Å². The highest BCUT2D eigenvalue weighted by atomic mass is 16.6. The van der Waals surface area contributed by atoms with Crippen LogP contribution in [0.3, 0.4) is 0 Å². The molecule has 0 aliphatic carbocycles. The molecule has 1 heterocycles. The maximum absolute atomic E-state index is 9.54. The molecular weight excluding hydrogens is 152 g/mol. The molecule has 2 heteroatoms. The Morgan fingerprint density at radius 1 is 1.25 bits per heavy atom. The van der Waals surface area contributed by atoms with Crippen molar-refractivity contribution in [2.75, 3.05) is 6.61 Å². The molecule has 0 spiro atoms. The van der Waals surface area contributed by atoms with E-state index in [-0.39, 0.29) is 0 Å². The molecule has 2 nitrogen and oxygen atoms in total. The summed E-state index contributed by atoms with van der Waals surface area (Å²) in [5, 5.41) is 9.54. The number of unbranched alkanes of at least 4 members (excludes halogenated alkanes) is 4. The Kier molecular flexibility index (Phi) is 4.02. The maximum Gasteiger partial charge on any atom is 0.167 e. The first-order valence-corrected chi connectivity index (χ1v) is 5.13. The first-order valence-electron chi connectivity index (χ1n) is 5.13. The van der Waals surface area contributed by atoms with Crippen LogP contribution in [-0.2, 0) is 4.74 Å². The molecule has 0 saturated carbocycles. The van der Waals surface area contributed by atoms with Gasteiger partial charge >= 0.3 is 0 Å². The lowest BCUT2D eigenvalue weighted by Gasteiger charge is -2.36. The molecule has 1 unspecified atom stereocenters. The van der Waals surface area contributed by atoms with Gasteiger partial charge in [-0.2, -0.15) is 0 Å². The second kappa shape index (κ2) is 4.83. The number of hydrogen-bond donors (Lipinski definition) is 1. The lowest BCUT2D eigenvalue weighted by molar-refractivity contribution is -0.285. The number of hydrogen-bond acceptors (Lipinski definition) is 2. The minimum absolute atomic E-state index is 0.730. The highest BCUT2D eigenvalue weighted by Crippen LogP contribution is 2.28. The Morgan fingerprint density at radius 3 is 2.42 bits per heavy atom. The van der Waals surface area contributed by atoms with E-state index in [1.54, 1.807) is 0 Å². The van der Waals surface area contributed by atoms with Crippen LogP contribution >= 0.6 is 0 Å². The lowest BCUT2D eigenvalue weighted by Crippen LogP contribution is -2.43. The largest absolute Gasteiger partial charge is 0.365 e. The average Bonchev–Trinajstić information content (AvgIpc) is 2.01. The van der Waals surface area contributed by atoms with Crippen LogP contribution in [0.1, 0.15) is 51.9 Å². The van der Waals surface area contributed by atoms with Crippen LogP contribution in [0.15, 0.2) is 0 Å². The summed E-state index contributed by atoms with van der Waals surface area (Å²) in [6.45, 7) is 2.95. The first kappa shape index (κ1) is 10.0. The predicted octanol–water partition coefficient (Wildman–Crippen LogP) is 2.46. The molecule has 0 aromatic carbocycles. The summed E-state index contributed by atoms with van der Waals surface area (Å²) in [5.41, 5.74) is 0. The van der Waals surface area contributed by atoms with Crippen molar-refractivity contribution >= 4 is 0 Å². The fourth-order valence-electron chi connectivity index (χ4n) is 1.54. The van der Waals surface area contributed by atoms with Gasteiger partial charge in [0.2, 0.25) is 0 Å². The van der Waals surface area contributed by atoms with Gasteiger partial charge in [-0.15, -0.1) is 0 Å². The monoisotopic (exact) mass is 172 g/mol. The van der Waals surface area contributed by atoms with E-state index in [9.17, 15) is 5.11 Å². The van der Waals surface area contributed by atoms with Gasteiger partial charge < -0.3 is 9.84 Å². The number of ether oxygens (including phenoxy) is 1. The molecule has 0 aromatic heterocycles. The Bertz CT molecular complexity index is 119. The van der Waals surface area contributed by atoms with E-state index < -0.39 is 5.79 Å². The second-order valence-electron chi connectivity index (χ2n) is 3.71. The van der Waals surface area contributed by atoms with Gasteiger partial charge in [0, 0.05) is 12.8 Å². The Balaban J connectivity index is 1.88. The molecule has 12 heavy (non-hydrogen) atoms. The molecule has 1 rings (SSSR count). The summed E-state index contributed by atoms with van der Waals surface area (Å²) in [7, 11) is 0. The van der Waals surface area contributed by atoms with E-state index in [1.165, 1.54) is 25.7 Å². The standard InChI is InChI=1S/C10H20O2/c1-2-3-4-5-6-7-10(11)8-9-12-10/h11H,2-9H2,1H3. The van der Waals surface area contributed by atoms with Gasteiger partial charge in [0.05, 0.1) is 6.61 Å². The van der Waals surface area contributed by atoms with Gasteiger partial charge in [0.25, 0.3) is 0 Å². The number of rotatable bonds is 6. The predicted molar refractivity (Wildman–Crippen MR) is 48.9 cm³/mol. The zero-order valence-electron chi connectivity index (χ0n) is 8.01. The van der Waals surface area contributed by atoms with Gasteiger partial charge in [-0.3, -0.25) is 0 Å². The van der Waals surface area contributed by atoms with Crippen molar-refractivity contribution in [3.8, 4) is 0 Å². The van der Waals surface area contributed by atoms with E-state index >= 15 is 0 Å². The fourth-order valence-corrected chi connectivity index (χ4v) is 1.54. The summed E-state index contributed by atoms with van der Waals surface area (Å²) in [5.74, 6) is -0.730. The molecule has 1 fully saturated rings. The molecule has 0 amide bonds. The van der Waals surface area contributed by atoms with Crippen molar-refractivity contribution in [3.05, 3.63) is 0 Å². The Hall–Kier alpha value is -0.0800. The van der Waals surface area contributed by atoms with Crippen LogP contribution in [0.2, 0.25) is 0 Å². The van der Waals surface area contributed by atoms with Gasteiger partial charge in [0.1, 0.15) is 0 Å². The quantitative estimate of drug-likeness (QED) is 0.624. The van der Waals surface area contributed by atoms with Crippen molar-refractivity contribution in [2.24, 2.45) is 0 Å². The van der Waals surface area contributed by atoms with E-state index in [0.717, 1.165) is 25.9 Å². The minimum atomic E-state index is -0.730. The van der Waals surface area contributed by atoms with Crippen LogP contribution in [0.4, 0.5) is 0 Å². The summed E-state index contributed by atoms with van der Waals surface area (Å²) >= 11 is 0. The van der Waals surface area contributed by atoms with Crippen molar-refractivity contribution < 1.29 is 9.84 Å². The fraction of sp³-hybridized carbons (Fsp3) is 1.00. The highest BCUT2D eigenvalue weighted by Gasteiger charge is 2.34. The minimum Gasteiger partial charge on any atom is -0.365 e. The molecule has 0 bridgehead atoms. The average molecular weight is 172 g/mol. The zero-order valence-corrected chi connectivity index (χ0v) is 8.01. The molecular formula is C10H20O2. The summed E-state index contributed by atoms with van der Waals surface area (Å²) < 4.78 is 5.08. The molecule has 72 valence electrons. The molecule has 1 N–H and O–H groups in total. The van der Waals surface area contributed by atoms with E-state index in [2.05, 4.69) is 6.92 Å². The van der Waals surface area contributed by atoms with Crippen LogP contribution in [-0.4, -0.2) is 17.5 Å². The first-order chi connectivity index (χ1) is 5.77. The molecule has 1 saturated heterocycles. The highest BCUT2D eigenvalue weighted by molar-refractivity contribution is 4.74. The molecule has 1 atom stereocenters. The SMILES string of the molecule is CCCCCCCC1(O)CCO1. The molecule has 0 aromatic rings. The number of aliphatic hydroxyl groups is 1. The van der Waals surface area contributed by atoms with Crippen molar-refractivity contribution in [2.45, 2.75) is 57.7 Å². The van der Waals surface area contributed by atoms with Crippen LogP contribution in [0, 0.1) is 0 Å². The Labute approximate surface area is 74.9 Å². The Morgan fingerprint density at radius 2 is 1.92 bits per heavy atom. The molecule has 0 radical (unpaired) electrons. The smallest absolute Gasteiger partial charge is 0.167 e. The summed E-state index contributed by atoms with van der Waals surface area (Å²) in [4.78, 5) is 0. The third-order valence-electron chi connectivity index (χ3n) is 2.53. The van der Waals surface area contributed by atoms with Gasteiger partial charge in [0.15, 0.2) is 5.79 Å². The topological polar surface area (TPSA) is 29.5 Å². The summed E-state index contributed by atoms with van der Waals surface area (Å²) in [6.07, 6.45) is 7.90. The van der Waals surface area contributed by atoms with Gasteiger partial charge in [-0.1, -0.05) is 32.6 Å². The maximum atomic E-state index is 9.54. The third-order valence-corrected chi connectivity index (χ3v) is 2.53.